The van der Waals surface area contributed by atoms with E-state index in [1.165, 1.54) is 6.42 Å². The van der Waals surface area contributed by atoms with E-state index >= 15 is 0 Å². The van der Waals surface area contributed by atoms with Gasteiger partial charge in [0, 0.05) is 17.5 Å². The Labute approximate surface area is 109 Å². The van der Waals surface area contributed by atoms with Gasteiger partial charge in [-0.1, -0.05) is 12.5 Å². The van der Waals surface area contributed by atoms with Gasteiger partial charge in [-0.05, 0) is 38.8 Å². The van der Waals surface area contributed by atoms with Crippen molar-refractivity contribution in [3.8, 4) is 11.5 Å². The fourth-order valence-corrected chi connectivity index (χ4v) is 2.72. The van der Waals surface area contributed by atoms with Crippen molar-refractivity contribution in [3.05, 3.63) is 23.8 Å². The zero-order valence-electron chi connectivity index (χ0n) is 11.5. The molecule has 3 nitrogen and oxygen atoms in total. The van der Waals surface area contributed by atoms with Gasteiger partial charge in [-0.25, -0.2) is 0 Å². The largest absolute Gasteiger partial charge is 0.496 e. The number of hydrogen-bond donors (Lipinski definition) is 1. The molecule has 0 saturated heterocycles. The average molecular weight is 249 g/mol. The molecule has 0 aliphatic heterocycles. The normalized spacial score (nSPS) is 17.4. The molecule has 0 atom stereocenters. The van der Waals surface area contributed by atoms with E-state index in [4.69, 9.17) is 15.2 Å². The van der Waals surface area contributed by atoms with Gasteiger partial charge in [0.15, 0.2) is 0 Å². The van der Waals surface area contributed by atoms with Crippen LogP contribution in [0.1, 0.15) is 38.7 Å². The van der Waals surface area contributed by atoms with Crippen molar-refractivity contribution in [2.45, 2.75) is 44.6 Å². The summed E-state index contributed by atoms with van der Waals surface area (Å²) in [5, 5.41) is 0. The molecule has 2 rings (SSSR count). The molecule has 100 valence electrons. The van der Waals surface area contributed by atoms with E-state index < -0.39 is 0 Å². The Morgan fingerprint density at radius 3 is 2.39 bits per heavy atom. The highest BCUT2D eigenvalue weighted by Gasteiger charge is 2.41. The molecular weight excluding hydrogens is 226 g/mol. The number of nitrogens with two attached hydrogens (primary N) is 1. The van der Waals surface area contributed by atoms with Crippen LogP contribution in [0, 0.1) is 0 Å². The van der Waals surface area contributed by atoms with Gasteiger partial charge in [-0.2, -0.15) is 0 Å². The topological polar surface area (TPSA) is 44.5 Å². The highest BCUT2D eigenvalue weighted by atomic mass is 16.5. The van der Waals surface area contributed by atoms with Crippen molar-refractivity contribution >= 4 is 0 Å². The summed E-state index contributed by atoms with van der Waals surface area (Å²) < 4.78 is 11.5. The third kappa shape index (κ3) is 2.19. The maximum atomic E-state index is 6.01. The van der Waals surface area contributed by atoms with Crippen molar-refractivity contribution in [3.63, 3.8) is 0 Å². The van der Waals surface area contributed by atoms with Crippen LogP contribution in [0.3, 0.4) is 0 Å². The summed E-state index contributed by atoms with van der Waals surface area (Å²) >= 11 is 0. The van der Waals surface area contributed by atoms with Crippen LogP contribution in [-0.4, -0.2) is 19.8 Å². The maximum absolute atomic E-state index is 6.01. The number of rotatable bonds is 5. The second kappa shape index (κ2) is 5.19. The Balaban J connectivity index is 2.47. The van der Waals surface area contributed by atoms with E-state index in [0.29, 0.717) is 6.54 Å². The lowest BCUT2D eigenvalue weighted by atomic mass is 9.64. The molecule has 0 radical (unpaired) electrons. The second-order valence-corrected chi connectivity index (χ2v) is 5.34. The van der Waals surface area contributed by atoms with E-state index in [1.807, 2.05) is 32.0 Å². The van der Waals surface area contributed by atoms with Gasteiger partial charge in [-0.3, -0.25) is 0 Å². The molecule has 1 aliphatic carbocycles. The van der Waals surface area contributed by atoms with E-state index in [-0.39, 0.29) is 11.5 Å². The lowest BCUT2D eigenvalue weighted by Gasteiger charge is -2.43. The summed E-state index contributed by atoms with van der Waals surface area (Å²) in [4.78, 5) is 0. The van der Waals surface area contributed by atoms with Crippen molar-refractivity contribution < 1.29 is 9.47 Å². The van der Waals surface area contributed by atoms with Gasteiger partial charge >= 0.3 is 0 Å². The Morgan fingerprint density at radius 2 is 1.94 bits per heavy atom. The fourth-order valence-electron chi connectivity index (χ4n) is 2.72. The van der Waals surface area contributed by atoms with Gasteiger partial charge in [0.1, 0.15) is 11.5 Å². The molecule has 1 aromatic carbocycles. The summed E-state index contributed by atoms with van der Waals surface area (Å²) in [7, 11) is 1.71. The molecule has 0 amide bonds. The third-order valence-electron chi connectivity index (χ3n) is 3.80. The molecule has 3 heteroatoms. The van der Waals surface area contributed by atoms with Crippen molar-refractivity contribution in [2.24, 2.45) is 5.73 Å². The highest BCUT2D eigenvalue weighted by molar-refractivity contribution is 5.51. The molecule has 18 heavy (non-hydrogen) atoms. The Bertz CT molecular complexity index is 405. The van der Waals surface area contributed by atoms with Gasteiger partial charge in [0.25, 0.3) is 0 Å². The first-order chi connectivity index (χ1) is 8.63. The summed E-state index contributed by atoms with van der Waals surface area (Å²) in [6, 6.07) is 5.99. The van der Waals surface area contributed by atoms with E-state index in [1.54, 1.807) is 7.11 Å². The van der Waals surface area contributed by atoms with Gasteiger partial charge in [0.05, 0.1) is 13.2 Å². The van der Waals surface area contributed by atoms with Crippen LogP contribution in [-0.2, 0) is 5.41 Å². The molecule has 2 N–H and O–H groups in total. The Morgan fingerprint density at radius 1 is 1.28 bits per heavy atom. The average Bonchev–Trinajstić information content (AvgIpc) is 2.29. The quantitative estimate of drug-likeness (QED) is 0.872. The van der Waals surface area contributed by atoms with Crippen LogP contribution in [0.5, 0.6) is 11.5 Å². The van der Waals surface area contributed by atoms with Crippen molar-refractivity contribution in [2.75, 3.05) is 13.7 Å². The molecule has 0 heterocycles. The SMILES string of the molecule is COc1cccc(OC(C)C)c1C1(CN)CCC1. The molecule has 1 fully saturated rings. The smallest absolute Gasteiger partial charge is 0.127 e. The number of ether oxygens (including phenoxy) is 2. The first-order valence-electron chi connectivity index (χ1n) is 6.67. The van der Waals surface area contributed by atoms with E-state index in [0.717, 1.165) is 29.9 Å². The lowest BCUT2D eigenvalue weighted by molar-refractivity contribution is 0.204. The summed E-state index contributed by atoms with van der Waals surface area (Å²) in [6.45, 7) is 4.74. The first kappa shape index (κ1) is 13.2. The van der Waals surface area contributed by atoms with Gasteiger partial charge < -0.3 is 15.2 Å². The fraction of sp³-hybridized carbons (Fsp3) is 0.600. The minimum atomic E-state index is 0.0524. The number of hydrogen-bond acceptors (Lipinski definition) is 3. The summed E-state index contributed by atoms with van der Waals surface area (Å²) in [5.74, 6) is 1.83. The molecule has 0 aromatic heterocycles. The Kier molecular flexibility index (Phi) is 3.81. The van der Waals surface area contributed by atoms with Gasteiger partial charge in [0.2, 0.25) is 0 Å². The first-order valence-corrected chi connectivity index (χ1v) is 6.67. The predicted molar refractivity (Wildman–Crippen MR) is 73.3 cm³/mol. The standard InChI is InChI=1S/C15H23NO2/c1-11(2)18-13-7-4-6-12(17-3)14(13)15(10-16)8-5-9-15/h4,6-7,11H,5,8-10,16H2,1-3H3. The molecule has 1 aliphatic rings. The van der Waals surface area contributed by atoms with Gasteiger partial charge in [-0.15, -0.1) is 0 Å². The van der Waals surface area contributed by atoms with Crippen LogP contribution in [0.15, 0.2) is 18.2 Å². The highest BCUT2D eigenvalue weighted by Crippen LogP contribution is 2.50. The summed E-state index contributed by atoms with van der Waals surface area (Å²) in [5.41, 5.74) is 7.23. The van der Waals surface area contributed by atoms with Crippen LogP contribution < -0.4 is 15.2 Å². The van der Waals surface area contributed by atoms with Crippen molar-refractivity contribution in [1.29, 1.82) is 0 Å². The molecular formula is C15H23NO2. The summed E-state index contributed by atoms with van der Waals surface area (Å²) in [6.07, 6.45) is 3.64. The van der Waals surface area contributed by atoms with Crippen LogP contribution in [0.25, 0.3) is 0 Å². The lowest BCUT2D eigenvalue weighted by Crippen LogP contribution is -2.42. The van der Waals surface area contributed by atoms with Crippen molar-refractivity contribution in [1.82, 2.24) is 0 Å². The zero-order chi connectivity index (χ0) is 13.2. The Hall–Kier alpha value is -1.22. The molecule has 1 aromatic rings. The molecule has 0 bridgehead atoms. The van der Waals surface area contributed by atoms with Crippen LogP contribution in [0.4, 0.5) is 0 Å². The van der Waals surface area contributed by atoms with E-state index in [9.17, 15) is 0 Å². The van der Waals surface area contributed by atoms with Crippen LogP contribution >= 0.6 is 0 Å². The molecule has 1 saturated carbocycles. The maximum Gasteiger partial charge on any atom is 0.127 e. The minimum absolute atomic E-state index is 0.0524. The minimum Gasteiger partial charge on any atom is -0.496 e. The monoisotopic (exact) mass is 249 g/mol. The van der Waals surface area contributed by atoms with Crippen LogP contribution in [0.2, 0.25) is 0 Å². The predicted octanol–water partition coefficient (Wildman–Crippen LogP) is 2.86. The molecule has 0 unspecified atom stereocenters. The number of benzene rings is 1. The third-order valence-corrected chi connectivity index (χ3v) is 3.80. The zero-order valence-corrected chi connectivity index (χ0v) is 11.5. The number of methoxy groups -OCH3 is 1. The second-order valence-electron chi connectivity index (χ2n) is 5.34. The van der Waals surface area contributed by atoms with E-state index in [2.05, 4.69) is 0 Å². The molecule has 0 spiro atoms.